The summed E-state index contributed by atoms with van der Waals surface area (Å²) in [5.41, 5.74) is 2.24. The van der Waals surface area contributed by atoms with Gasteiger partial charge < -0.3 is 14.6 Å². The molecule has 0 bridgehead atoms. The highest BCUT2D eigenvalue weighted by molar-refractivity contribution is 7.99. The van der Waals surface area contributed by atoms with Gasteiger partial charge in [-0.2, -0.15) is 0 Å². The Labute approximate surface area is 216 Å². The summed E-state index contributed by atoms with van der Waals surface area (Å²) in [5, 5.41) is 13.7. The second kappa shape index (κ2) is 11.1. The Morgan fingerprint density at radius 3 is 2.74 bits per heavy atom. The maximum absolute atomic E-state index is 12.8. The van der Waals surface area contributed by atoms with Gasteiger partial charge in [0.1, 0.15) is 5.00 Å². The molecule has 180 valence electrons. The summed E-state index contributed by atoms with van der Waals surface area (Å²) in [7, 11) is 1.37. The number of carbonyl (C=O) groups is 2. The number of aromatic nitrogens is 3. The van der Waals surface area contributed by atoms with E-state index >= 15 is 0 Å². The molecule has 0 spiro atoms. The van der Waals surface area contributed by atoms with Crippen molar-refractivity contribution in [1.29, 1.82) is 0 Å². The maximum atomic E-state index is 12.8. The molecule has 1 aliphatic rings. The van der Waals surface area contributed by atoms with Gasteiger partial charge in [0.05, 0.1) is 23.4 Å². The van der Waals surface area contributed by atoms with Crippen LogP contribution in [-0.4, -0.2) is 39.5 Å². The van der Waals surface area contributed by atoms with Crippen molar-refractivity contribution < 1.29 is 14.3 Å². The van der Waals surface area contributed by atoms with Crippen LogP contribution >= 0.6 is 46.3 Å². The second-order valence-electron chi connectivity index (χ2n) is 7.77. The van der Waals surface area contributed by atoms with Crippen LogP contribution in [0.2, 0.25) is 10.0 Å². The lowest BCUT2D eigenvalue weighted by Gasteiger charge is -2.09. The lowest BCUT2D eigenvalue weighted by molar-refractivity contribution is -0.113. The second-order valence-corrected chi connectivity index (χ2v) is 10.7. The topological polar surface area (TPSA) is 86.1 Å². The van der Waals surface area contributed by atoms with E-state index in [1.807, 2.05) is 11.5 Å². The monoisotopic (exact) mass is 538 g/mol. The largest absolute Gasteiger partial charge is 0.465 e. The number of esters is 1. The van der Waals surface area contributed by atoms with Gasteiger partial charge in [-0.25, -0.2) is 4.79 Å². The summed E-state index contributed by atoms with van der Waals surface area (Å²) in [6.45, 7) is 2.58. The number of hydrogen-bond donors (Lipinski definition) is 1. The minimum Gasteiger partial charge on any atom is -0.465 e. The lowest BCUT2D eigenvalue weighted by Crippen LogP contribution is -2.16. The number of nitrogens with zero attached hydrogens (tertiary/aromatic N) is 3. The Morgan fingerprint density at radius 2 is 2.00 bits per heavy atom. The van der Waals surface area contributed by atoms with Crippen molar-refractivity contribution in [2.75, 3.05) is 18.2 Å². The number of rotatable bonds is 7. The third-order valence-corrected chi connectivity index (χ3v) is 8.32. The van der Waals surface area contributed by atoms with Crippen molar-refractivity contribution >= 4 is 63.2 Å². The number of halogens is 2. The molecule has 2 aromatic heterocycles. The van der Waals surface area contributed by atoms with E-state index in [9.17, 15) is 9.59 Å². The van der Waals surface area contributed by atoms with Crippen molar-refractivity contribution in [2.24, 2.45) is 0 Å². The van der Waals surface area contributed by atoms with Crippen molar-refractivity contribution in [1.82, 2.24) is 14.8 Å². The summed E-state index contributed by atoms with van der Waals surface area (Å²) >= 11 is 15.1. The van der Waals surface area contributed by atoms with Gasteiger partial charge in [-0.1, -0.05) is 41.4 Å². The average molecular weight is 540 g/mol. The Balaban J connectivity index is 1.50. The van der Waals surface area contributed by atoms with E-state index in [4.69, 9.17) is 27.9 Å². The molecule has 0 saturated heterocycles. The molecule has 0 unspecified atom stereocenters. The molecule has 2 heterocycles. The minimum atomic E-state index is -0.405. The van der Waals surface area contributed by atoms with E-state index in [-0.39, 0.29) is 11.7 Å². The molecule has 11 heteroatoms. The molecule has 1 aromatic carbocycles. The van der Waals surface area contributed by atoms with Crippen LogP contribution in [0.25, 0.3) is 11.4 Å². The fraction of sp³-hybridized carbons (Fsp3) is 0.391. The number of thiophene rings is 1. The van der Waals surface area contributed by atoms with Crippen LogP contribution in [0.4, 0.5) is 5.00 Å². The Bertz CT molecular complexity index is 1230. The quantitative estimate of drug-likeness (QED) is 0.221. The van der Waals surface area contributed by atoms with Gasteiger partial charge in [-0.05, 0) is 56.4 Å². The van der Waals surface area contributed by atoms with Gasteiger partial charge in [0.25, 0.3) is 0 Å². The van der Waals surface area contributed by atoms with Crippen LogP contribution in [0, 0.1) is 0 Å². The first-order valence-corrected chi connectivity index (χ1v) is 13.5. The van der Waals surface area contributed by atoms with Crippen molar-refractivity contribution in [3.8, 4) is 11.4 Å². The minimum absolute atomic E-state index is 0.121. The van der Waals surface area contributed by atoms with E-state index in [1.54, 1.807) is 18.2 Å². The number of carbonyl (C=O) groups excluding carboxylic acids is 2. The van der Waals surface area contributed by atoms with E-state index in [1.165, 1.54) is 30.2 Å². The van der Waals surface area contributed by atoms with Crippen LogP contribution < -0.4 is 5.32 Å². The standard InChI is InChI=1S/C23H24Cl2N4O3S2/c1-3-29-20(14-10-9-13(24)11-16(14)25)27-28-23(29)33-12-18(30)26-21-19(22(31)32-2)15-7-5-4-6-8-17(15)34-21/h9-11H,3-8,12H2,1-2H3,(H,26,30). The van der Waals surface area contributed by atoms with E-state index in [2.05, 4.69) is 15.5 Å². The number of thioether (sulfide) groups is 1. The lowest BCUT2D eigenvalue weighted by atomic mass is 10.1. The molecular weight excluding hydrogens is 515 g/mol. The summed E-state index contributed by atoms with van der Waals surface area (Å²) in [6, 6.07) is 5.21. The number of hydrogen-bond acceptors (Lipinski definition) is 7. The number of amides is 1. The predicted octanol–water partition coefficient (Wildman–Crippen LogP) is 6.12. The van der Waals surface area contributed by atoms with E-state index in [0.29, 0.717) is 38.1 Å². The Hall–Kier alpha value is -2.07. The van der Waals surface area contributed by atoms with Crippen LogP contribution in [0.3, 0.4) is 0 Å². The molecule has 3 aromatic rings. The first-order chi connectivity index (χ1) is 16.4. The van der Waals surface area contributed by atoms with Crippen LogP contribution in [0.15, 0.2) is 23.4 Å². The SMILES string of the molecule is CCn1c(SCC(=O)Nc2sc3c(c2C(=O)OC)CCCCC3)nnc1-c1ccc(Cl)cc1Cl. The smallest absolute Gasteiger partial charge is 0.341 e. The molecule has 0 fully saturated rings. The van der Waals surface area contributed by atoms with E-state index < -0.39 is 5.97 Å². The van der Waals surface area contributed by atoms with Crippen LogP contribution in [0.5, 0.6) is 0 Å². The highest BCUT2D eigenvalue weighted by atomic mass is 35.5. The molecule has 0 atom stereocenters. The number of anilines is 1. The molecule has 0 radical (unpaired) electrons. The number of methoxy groups -OCH3 is 1. The normalized spacial score (nSPS) is 13.3. The summed E-state index contributed by atoms with van der Waals surface area (Å²) in [4.78, 5) is 26.5. The molecular formula is C23H24Cl2N4O3S2. The number of fused-ring (bicyclic) bond motifs is 1. The Morgan fingerprint density at radius 1 is 1.21 bits per heavy atom. The maximum Gasteiger partial charge on any atom is 0.341 e. The molecule has 0 aliphatic heterocycles. The third-order valence-electron chi connectivity index (χ3n) is 5.60. The highest BCUT2D eigenvalue weighted by Gasteiger charge is 2.26. The molecule has 1 amide bonds. The molecule has 0 saturated carbocycles. The number of benzene rings is 1. The van der Waals surface area contributed by atoms with Crippen molar-refractivity contribution in [3.63, 3.8) is 0 Å². The molecule has 4 rings (SSSR count). The van der Waals surface area contributed by atoms with Gasteiger partial charge in [0.2, 0.25) is 5.91 Å². The van der Waals surface area contributed by atoms with Crippen LogP contribution in [-0.2, 0) is 28.9 Å². The van der Waals surface area contributed by atoms with Crippen LogP contribution in [0.1, 0.15) is 47.0 Å². The fourth-order valence-electron chi connectivity index (χ4n) is 3.99. The van der Waals surface area contributed by atoms with E-state index in [0.717, 1.165) is 48.1 Å². The molecule has 7 nitrogen and oxygen atoms in total. The zero-order valence-electron chi connectivity index (χ0n) is 18.8. The molecule has 34 heavy (non-hydrogen) atoms. The van der Waals surface area contributed by atoms with Gasteiger partial charge in [-0.15, -0.1) is 21.5 Å². The number of ether oxygens (including phenoxy) is 1. The van der Waals surface area contributed by atoms with Crippen molar-refractivity contribution in [2.45, 2.75) is 50.7 Å². The third kappa shape index (κ3) is 5.27. The Kier molecular flexibility index (Phi) is 8.18. The predicted molar refractivity (Wildman–Crippen MR) is 137 cm³/mol. The first kappa shape index (κ1) is 25.0. The van der Waals surface area contributed by atoms with Gasteiger partial charge in [-0.3, -0.25) is 4.79 Å². The summed E-state index contributed by atoms with van der Waals surface area (Å²) < 4.78 is 6.92. The van der Waals surface area contributed by atoms with Gasteiger partial charge in [0, 0.05) is 22.0 Å². The van der Waals surface area contributed by atoms with Gasteiger partial charge in [0.15, 0.2) is 11.0 Å². The molecule has 1 aliphatic carbocycles. The first-order valence-electron chi connectivity index (χ1n) is 11.0. The summed E-state index contributed by atoms with van der Waals surface area (Å²) in [5.74, 6) is 0.109. The highest BCUT2D eigenvalue weighted by Crippen LogP contribution is 2.38. The fourth-order valence-corrected chi connectivity index (χ4v) is 6.58. The van der Waals surface area contributed by atoms with Gasteiger partial charge >= 0.3 is 5.97 Å². The number of aryl methyl sites for hydroxylation is 1. The number of nitrogens with one attached hydrogen (secondary N) is 1. The van der Waals surface area contributed by atoms with Crippen molar-refractivity contribution in [3.05, 3.63) is 44.2 Å². The zero-order chi connectivity index (χ0) is 24.2. The molecule has 1 N–H and O–H groups in total. The average Bonchev–Trinajstić information content (AvgIpc) is 3.29. The summed E-state index contributed by atoms with van der Waals surface area (Å²) in [6.07, 6.45) is 5.01. The zero-order valence-corrected chi connectivity index (χ0v) is 22.0.